The highest BCUT2D eigenvalue weighted by atomic mass is 16.5. The minimum atomic E-state index is -0.399. The number of terminal acetylenes is 1. The second-order valence-electron chi connectivity index (χ2n) is 2.90. The van der Waals surface area contributed by atoms with Crippen LogP contribution in [0.4, 0.5) is 0 Å². The zero-order valence-corrected chi connectivity index (χ0v) is 8.35. The van der Waals surface area contributed by atoms with Gasteiger partial charge < -0.3 is 4.74 Å². The topological polar surface area (TPSA) is 26.3 Å². The van der Waals surface area contributed by atoms with Crippen LogP contribution in [0.15, 0.2) is 42.5 Å². The van der Waals surface area contributed by atoms with Crippen LogP contribution in [0.1, 0.15) is 5.56 Å². The van der Waals surface area contributed by atoms with E-state index in [1.54, 1.807) is 0 Å². The molecule has 0 saturated heterocycles. The normalized spacial score (nSPS) is 9.80. The average Bonchev–Trinajstić information content (AvgIpc) is 2.28. The predicted molar refractivity (Wildman–Crippen MR) is 59.1 cm³/mol. The maximum atomic E-state index is 11.0. The molecule has 0 N–H and O–H groups in total. The molecule has 2 nitrogen and oxygen atoms in total. The van der Waals surface area contributed by atoms with E-state index in [9.17, 15) is 4.79 Å². The lowest BCUT2D eigenvalue weighted by atomic mass is 10.2. The van der Waals surface area contributed by atoms with E-state index >= 15 is 0 Å². The zero-order valence-electron chi connectivity index (χ0n) is 8.35. The number of carbonyl (C=O) groups is 1. The van der Waals surface area contributed by atoms with Gasteiger partial charge in [-0.05, 0) is 11.6 Å². The molecule has 0 bridgehead atoms. The highest BCUT2D eigenvalue weighted by Gasteiger charge is 1.96. The van der Waals surface area contributed by atoms with Crippen LogP contribution in [-0.4, -0.2) is 12.6 Å². The summed E-state index contributed by atoms with van der Waals surface area (Å²) < 4.78 is 4.93. The van der Waals surface area contributed by atoms with E-state index in [1.165, 1.54) is 12.2 Å². The standard InChI is InChI=1S/C13H12O2/c1-2-3-9-13(14)15-11-10-12-7-5-4-6-8-12/h1,3-9H,10-11H2/b9-3+. The Hall–Kier alpha value is -2.01. The van der Waals surface area contributed by atoms with Crippen LogP contribution in [0.2, 0.25) is 0 Å². The molecule has 0 radical (unpaired) electrons. The summed E-state index contributed by atoms with van der Waals surface area (Å²) in [6.45, 7) is 0.373. The fourth-order valence-electron chi connectivity index (χ4n) is 1.08. The van der Waals surface area contributed by atoms with Crippen LogP contribution in [0, 0.1) is 12.3 Å². The van der Waals surface area contributed by atoms with Crippen molar-refractivity contribution in [3.8, 4) is 12.3 Å². The Balaban J connectivity index is 2.26. The van der Waals surface area contributed by atoms with Crippen molar-refractivity contribution in [3.63, 3.8) is 0 Å². The first-order valence-corrected chi connectivity index (χ1v) is 4.66. The van der Waals surface area contributed by atoms with Crippen molar-refractivity contribution < 1.29 is 9.53 Å². The van der Waals surface area contributed by atoms with Crippen molar-refractivity contribution in [2.45, 2.75) is 6.42 Å². The number of hydrogen-bond acceptors (Lipinski definition) is 2. The minimum Gasteiger partial charge on any atom is -0.462 e. The molecule has 15 heavy (non-hydrogen) atoms. The summed E-state index contributed by atoms with van der Waals surface area (Å²) in [5.41, 5.74) is 1.14. The number of allylic oxidation sites excluding steroid dienone is 1. The molecule has 76 valence electrons. The van der Waals surface area contributed by atoms with Gasteiger partial charge in [0.05, 0.1) is 6.61 Å². The number of esters is 1. The van der Waals surface area contributed by atoms with Crippen molar-refractivity contribution in [2.24, 2.45) is 0 Å². The summed E-state index contributed by atoms with van der Waals surface area (Å²) >= 11 is 0. The largest absolute Gasteiger partial charge is 0.462 e. The molecule has 1 rings (SSSR count). The molecule has 1 aromatic rings. The Morgan fingerprint density at radius 1 is 1.40 bits per heavy atom. The van der Waals surface area contributed by atoms with Gasteiger partial charge in [-0.2, -0.15) is 0 Å². The number of rotatable bonds is 4. The summed E-state index contributed by atoms with van der Waals surface area (Å²) in [7, 11) is 0. The molecule has 0 unspecified atom stereocenters. The number of hydrogen-bond donors (Lipinski definition) is 0. The molecular weight excluding hydrogens is 188 g/mol. The second-order valence-corrected chi connectivity index (χ2v) is 2.90. The van der Waals surface area contributed by atoms with Crippen LogP contribution in [-0.2, 0) is 16.0 Å². The molecule has 1 aromatic carbocycles. The maximum Gasteiger partial charge on any atom is 0.331 e. The van der Waals surface area contributed by atoms with Crippen molar-refractivity contribution in [1.82, 2.24) is 0 Å². The molecule has 0 aromatic heterocycles. The fourth-order valence-corrected chi connectivity index (χ4v) is 1.08. The summed E-state index contributed by atoms with van der Waals surface area (Å²) in [5.74, 6) is 1.83. The zero-order chi connectivity index (χ0) is 10.9. The van der Waals surface area contributed by atoms with Crippen molar-refractivity contribution in [2.75, 3.05) is 6.61 Å². The first-order valence-electron chi connectivity index (χ1n) is 4.66. The van der Waals surface area contributed by atoms with Gasteiger partial charge in [-0.25, -0.2) is 4.79 Å². The quantitative estimate of drug-likeness (QED) is 0.422. The average molecular weight is 200 g/mol. The predicted octanol–water partition coefficient (Wildman–Crippen LogP) is 1.96. The van der Waals surface area contributed by atoms with Crippen molar-refractivity contribution >= 4 is 5.97 Å². The molecule has 0 aliphatic carbocycles. The first-order chi connectivity index (χ1) is 7.33. The van der Waals surface area contributed by atoms with E-state index in [0.717, 1.165) is 12.0 Å². The van der Waals surface area contributed by atoms with E-state index < -0.39 is 5.97 Å². The van der Waals surface area contributed by atoms with Gasteiger partial charge >= 0.3 is 5.97 Å². The van der Waals surface area contributed by atoms with Crippen molar-refractivity contribution in [3.05, 3.63) is 48.0 Å². The molecule has 0 atom stereocenters. The summed E-state index contributed by atoms with van der Waals surface area (Å²) in [4.78, 5) is 11.0. The Morgan fingerprint density at radius 2 is 2.13 bits per heavy atom. The second kappa shape index (κ2) is 6.44. The SMILES string of the molecule is C#C/C=C/C(=O)OCCc1ccccc1. The molecule has 2 heteroatoms. The minimum absolute atomic E-state index is 0.373. The van der Waals surface area contributed by atoms with E-state index in [0.29, 0.717) is 6.61 Å². The van der Waals surface area contributed by atoms with Crippen LogP contribution in [0.3, 0.4) is 0 Å². The smallest absolute Gasteiger partial charge is 0.331 e. The third-order valence-corrected chi connectivity index (χ3v) is 1.79. The number of carbonyl (C=O) groups excluding carboxylic acids is 1. The Kier molecular flexibility index (Phi) is 4.75. The van der Waals surface area contributed by atoms with Crippen molar-refractivity contribution in [1.29, 1.82) is 0 Å². The molecule has 0 aliphatic heterocycles. The lowest BCUT2D eigenvalue weighted by Gasteiger charge is -2.01. The van der Waals surface area contributed by atoms with Gasteiger partial charge in [-0.1, -0.05) is 36.3 Å². The van der Waals surface area contributed by atoms with Gasteiger partial charge in [0, 0.05) is 12.5 Å². The lowest BCUT2D eigenvalue weighted by molar-refractivity contribution is -0.137. The summed E-state index contributed by atoms with van der Waals surface area (Å²) in [5, 5.41) is 0. The summed E-state index contributed by atoms with van der Waals surface area (Å²) in [6.07, 6.45) is 8.24. The third kappa shape index (κ3) is 4.68. The van der Waals surface area contributed by atoms with Gasteiger partial charge in [0.1, 0.15) is 0 Å². The van der Waals surface area contributed by atoms with E-state index in [-0.39, 0.29) is 0 Å². The van der Waals surface area contributed by atoms with E-state index in [4.69, 9.17) is 11.2 Å². The number of ether oxygens (including phenoxy) is 1. The third-order valence-electron chi connectivity index (χ3n) is 1.79. The number of benzene rings is 1. The van der Waals surface area contributed by atoms with Gasteiger partial charge in [-0.3, -0.25) is 0 Å². The Morgan fingerprint density at radius 3 is 2.80 bits per heavy atom. The molecular formula is C13H12O2. The van der Waals surface area contributed by atoms with Crippen LogP contribution >= 0.6 is 0 Å². The molecule has 0 spiro atoms. The van der Waals surface area contributed by atoms with Crippen LogP contribution in [0.25, 0.3) is 0 Å². The van der Waals surface area contributed by atoms with E-state index in [2.05, 4.69) is 5.92 Å². The molecule has 0 saturated carbocycles. The summed E-state index contributed by atoms with van der Waals surface area (Å²) in [6, 6.07) is 9.84. The fraction of sp³-hybridized carbons (Fsp3) is 0.154. The Bertz CT molecular complexity index is 371. The lowest BCUT2D eigenvalue weighted by Crippen LogP contribution is -2.04. The Labute approximate surface area is 89.6 Å². The van der Waals surface area contributed by atoms with Gasteiger partial charge in [0.15, 0.2) is 0 Å². The molecule has 0 aliphatic rings. The van der Waals surface area contributed by atoms with Gasteiger partial charge in [-0.15, -0.1) is 6.42 Å². The van der Waals surface area contributed by atoms with Crippen LogP contribution in [0.5, 0.6) is 0 Å². The first kappa shape index (κ1) is 11.1. The van der Waals surface area contributed by atoms with E-state index in [1.807, 2.05) is 30.3 Å². The van der Waals surface area contributed by atoms with Gasteiger partial charge in [0.2, 0.25) is 0 Å². The highest BCUT2D eigenvalue weighted by Crippen LogP contribution is 1.99. The molecule has 0 fully saturated rings. The van der Waals surface area contributed by atoms with Gasteiger partial charge in [0.25, 0.3) is 0 Å². The molecule has 0 heterocycles. The molecule has 0 amide bonds. The highest BCUT2D eigenvalue weighted by molar-refractivity contribution is 5.82. The monoisotopic (exact) mass is 200 g/mol. The van der Waals surface area contributed by atoms with Crippen LogP contribution < -0.4 is 0 Å². The maximum absolute atomic E-state index is 11.0.